The largest absolute Gasteiger partial charge is 0.383 e. The summed E-state index contributed by atoms with van der Waals surface area (Å²) in [6, 6.07) is 4.93. The number of H-pyrrole nitrogens is 1. The zero-order valence-corrected chi connectivity index (χ0v) is 19.0. The van der Waals surface area contributed by atoms with Gasteiger partial charge in [-0.15, -0.1) is 0 Å². The third kappa shape index (κ3) is 4.87. The van der Waals surface area contributed by atoms with Gasteiger partial charge in [0.25, 0.3) is 5.56 Å². The first-order valence-electron chi connectivity index (χ1n) is 11.2. The summed E-state index contributed by atoms with van der Waals surface area (Å²) < 4.78 is 15.9. The molecule has 0 fully saturated rings. The van der Waals surface area contributed by atoms with Gasteiger partial charge in [-0.2, -0.15) is 0 Å². The number of nitrogens with one attached hydrogen (secondary N) is 1. The number of anilines is 3. The molecule has 1 aliphatic heterocycles. The third-order valence-corrected chi connectivity index (χ3v) is 5.65. The standard InChI is InChI=1S/C23H32FN5O3/c1-4-5-12-28(20-21(25)29(13-15(2)3)23(32)26-22(20)31)18(30)14-27-11-7-9-16-8-6-10-17(24)19(16)27/h6,8,10,15H,4-5,7,9,11-14,25H2,1-3H3,(H,26,31,32). The predicted octanol–water partition coefficient (Wildman–Crippen LogP) is 2.50. The molecule has 0 saturated carbocycles. The van der Waals surface area contributed by atoms with Gasteiger partial charge in [0.15, 0.2) is 5.69 Å². The molecule has 1 aliphatic rings. The molecule has 0 atom stereocenters. The van der Waals surface area contributed by atoms with E-state index in [1.165, 1.54) is 15.5 Å². The van der Waals surface area contributed by atoms with Crippen molar-refractivity contribution >= 4 is 23.1 Å². The van der Waals surface area contributed by atoms with Crippen LogP contribution in [0.5, 0.6) is 0 Å². The van der Waals surface area contributed by atoms with Gasteiger partial charge in [-0.05, 0) is 36.8 Å². The summed E-state index contributed by atoms with van der Waals surface area (Å²) in [5.41, 5.74) is 6.25. The maximum Gasteiger partial charge on any atom is 0.330 e. The highest BCUT2D eigenvalue weighted by Crippen LogP contribution is 2.30. The Morgan fingerprint density at radius 3 is 2.75 bits per heavy atom. The molecular weight excluding hydrogens is 413 g/mol. The summed E-state index contributed by atoms with van der Waals surface area (Å²) in [7, 11) is 0. The van der Waals surface area contributed by atoms with Gasteiger partial charge in [0, 0.05) is 19.6 Å². The van der Waals surface area contributed by atoms with Crippen molar-refractivity contribution in [3.63, 3.8) is 0 Å². The van der Waals surface area contributed by atoms with Gasteiger partial charge in [-0.25, -0.2) is 9.18 Å². The van der Waals surface area contributed by atoms with E-state index in [9.17, 15) is 18.8 Å². The molecule has 174 valence electrons. The molecule has 1 aromatic heterocycles. The summed E-state index contributed by atoms with van der Waals surface area (Å²) in [5.74, 6) is -0.636. The topological polar surface area (TPSA) is 104 Å². The Hall–Kier alpha value is -3.10. The van der Waals surface area contributed by atoms with Gasteiger partial charge < -0.3 is 15.5 Å². The van der Waals surface area contributed by atoms with Gasteiger partial charge in [0.1, 0.15) is 11.6 Å². The minimum Gasteiger partial charge on any atom is -0.383 e. The van der Waals surface area contributed by atoms with Crippen LogP contribution in [-0.2, 0) is 17.8 Å². The number of amides is 1. The number of halogens is 1. The first kappa shape index (κ1) is 23.6. The van der Waals surface area contributed by atoms with E-state index in [1.807, 2.05) is 26.8 Å². The van der Waals surface area contributed by atoms with E-state index in [-0.39, 0.29) is 42.2 Å². The highest BCUT2D eigenvalue weighted by Gasteiger charge is 2.28. The second-order valence-electron chi connectivity index (χ2n) is 8.67. The first-order valence-corrected chi connectivity index (χ1v) is 11.2. The molecule has 32 heavy (non-hydrogen) atoms. The van der Waals surface area contributed by atoms with Gasteiger partial charge >= 0.3 is 5.69 Å². The Morgan fingerprint density at radius 1 is 1.31 bits per heavy atom. The molecule has 2 aromatic rings. The number of carbonyl (C=O) groups excluding carboxylic acids is 1. The zero-order valence-electron chi connectivity index (χ0n) is 19.0. The van der Waals surface area contributed by atoms with Crippen molar-refractivity contribution in [3.05, 3.63) is 50.4 Å². The van der Waals surface area contributed by atoms with Crippen LogP contribution in [0, 0.1) is 11.7 Å². The molecule has 1 amide bonds. The molecule has 0 saturated heterocycles. The van der Waals surface area contributed by atoms with Crippen LogP contribution in [0.2, 0.25) is 0 Å². The van der Waals surface area contributed by atoms with E-state index in [4.69, 9.17) is 5.73 Å². The Bertz CT molecular complexity index is 1090. The number of fused-ring (bicyclic) bond motifs is 1. The van der Waals surface area contributed by atoms with Crippen LogP contribution in [0.1, 0.15) is 45.6 Å². The van der Waals surface area contributed by atoms with E-state index in [2.05, 4.69) is 4.98 Å². The van der Waals surface area contributed by atoms with Crippen molar-refractivity contribution in [1.82, 2.24) is 9.55 Å². The maximum atomic E-state index is 14.6. The highest BCUT2D eigenvalue weighted by atomic mass is 19.1. The molecule has 9 heteroatoms. The SMILES string of the molecule is CCCCN(C(=O)CN1CCCc2cccc(F)c21)c1c(N)n(CC(C)C)c(=O)[nH]c1=O. The van der Waals surface area contributed by atoms with Crippen molar-refractivity contribution in [2.24, 2.45) is 5.92 Å². The number of carbonyl (C=O) groups is 1. The monoisotopic (exact) mass is 445 g/mol. The van der Waals surface area contributed by atoms with Crippen LogP contribution < -0.4 is 26.8 Å². The number of aromatic nitrogens is 2. The second kappa shape index (κ2) is 10.0. The van der Waals surface area contributed by atoms with Crippen molar-refractivity contribution < 1.29 is 9.18 Å². The number of aryl methyl sites for hydroxylation is 1. The molecule has 0 aliphatic carbocycles. The number of hydrogen-bond acceptors (Lipinski definition) is 5. The molecule has 8 nitrogen and oxygen atoms in total. The summed E-state index contributed by atoms with van der Waals surface area (Å²) in [6.07, 6.45) is 3.01. The summed E-state index contributed by atoms with van der Waals surface area (Å²) in [6.45, 7) is 6.89. The number of nitrogens with zero attached hydrogens (tertiary/aromatic N) is 3. The predicted molar refractivity (Wildman–Crippen MR) is 125 cm³/mol. The lowest BCUT2D eigenvalue weighted by atomic mass is 10.0. The highest BCUT2D eigenvalue weighted by molar-refractivity contribution is 5.98. The van der Waals surface area contributed by atoms with Crippen LogP contribution in [-0.4, -0.2) is 35.1 Å². The summed E-state index contributed by atoms with van der Waals surface area (Å²) in [5, 5.41) is 0. The van der Waals surface area contributed by atoms with E-state index >= 15 is 0 Å². The fourth-order valence-corrected chi connectivity index (χ4v) is 4.16. The van der Waals surface area contributed by atoms with Crippen molar-refractivity contribution in [3.8, 4) is 0 Å². The lowest BCUT2D eigenvalue weighted by Gasteiger charge is -2.33. The molecule has 3 rings (SSSR count). The van der Waals surface area contributed by atoms with Crippen LogP contribution in [0.3, 0.4) is 0 Å². The van der Waals surface area contributed by atoms with Gasteiger partial charge in [-0.1, -0.05) is 39.3 Å². The Balaban J connectivity index is 1.99. The molecular formula is C23H32FN5O3. The zero-order chi connectivity index (χ0) is 23.4. The number of nitrogen functional groups attached to an aromatic ring is 1. The average Bonchev–Trinajstić information content (AvgIpc) is 2.73. The number of aromatic amines is 1. The molecule has 0 unspecified atom stereocenters. The van der Waals surface area contributed by atoms with Gasteiger partial charge in [-0.3, -0.25) is 19.1 Å². The van der Waals surface area contributed by atoms with Crippen molar-refractivity contribution in [1.29, 1.82) is 0 Å². The van der Waals surface area contributed by atoms with Crippen LogP contribution in [0.4, 0.5) is 21.6 Å². The van der Waals surface area contributed by atoms with E-state index in [0.717, 1.165) is 24.8 Å². The van der Waals surface area contributed by atoms with Gasteiger partial charge in [0.2, 0.25) is 5.91 Å². The fourth-order valence-electron chi connectivity index (χ4n) is 4.16. The molecule has 3 N–H and O–H groups in total. The lowest BCUT2D eigenvalue weighted by Crippen LogP contribution is -2.47. The van der Waals surface area contributed by atoms with E-state index in [0.29, 0.717) is 25.2 Å². The first-order chi connectivity index (χ1) is 15.2. The Morgan fingerprint density at radius 2 is 2.06 bits per heavy atom. The number of para-hydroxylation sites is 1. The molecule has 2 heterocycles. The molecule has 0 radical (unpaired) electrons. The lowest BCUT2D eigenvalue weighted by molar-refractivity contribution is -0.117. The van der Waals surface area contributed by atoms with Crippen molar-refractivity contribution in [2.45, 2.75) is 53.0 Å². The number of rotatable bonds is 8. The van der Waals surface area contributed by atoms with Crippen LogP contribution >= 0.6 is 0 Å². The second-order valence-corrected chi connectivity index (χ2v) is 8.67. The van der Waals surface area contributed by atoms with Gasteiger partial charge in [0.05, 0.1) is 12.2 Å². The number of unbranched alkanes of at least 4 members (excludes halogenated alkanes) is 1. The minimum atomic E-state index is -0.692. The van der Waals surface area contributed by atoms with Crippen LogP contribution in [0.25, 0.3) is 0 Å². The third-order valence-electron chi connectivity index (χ3n) is 5.65. The number of benzene rings is 1. The number of hydrogen-bond donors (Lipinski definition) is 2. The number of nitrogens with two attached hydrogens (primary N) is 1. The fraction of sp³-hybridized carbons (Fsp3) is 0.522. The molecule has 1 aromatic carbocycles. The maximum absolute atomic E-state index is 14.6. The van der Waals surface area contributed by atoms with Crippen LogP contribution in [0.15, 0.2) is 27.8 Å². The smallest absolute Gasteiger partial charge is 0.330 e. The quantitative estimate of drug-likeness (QED) is 0.650. The minimum absolute atomic E-state index is 0.0190. The normalized spacial score (nSPS) is 13.3. The van der Waals surface area contributed by atoms with E-state index in [1.54, 1.807) is 11.0 Å². The summed E-state index contributed by atoms with van der Waals surface area (Å²) in [4.78, 5) is 43.9. The Labute approximate surface area is 186 Å². The Kier molecular flexibility index (Phi) is 7.37. The van der Waals surface area contributed by atoms with Crippen molar-refractivity contribution in [2.75, 3.05) is 35.2 Å². The average molecular weight is 446 g/mol. The van der Waals surface area contributed by atoms with E-state index < -0.39 is 11.2 Å². The summed E-state index contributed by atoms with van der Waals surface area (Å²) >= 11 is 0. The molecule has 0 bridgehead atoms. The molecule has 0 spiro atoms.